The van der Waals surface area contributed by atoms with Crippen molar-refractivity contribution >= 4 is 23.4 Å². The molecule has 154 valence electrons. The van der Waals surface area contributed by atoms with Crippen LogP contribution in [0.4, 0.5) is 20.6 Å². The molecule has 1 saturated heterocycles. The smallest absolute Gasteiger partial charge is 0.412 e. The van der Waals surface area contributed by atoms with Crippen LogP contribution in [0.5, 0.6) is 0 Å². The highest BCUT2D eigenvalue weighted by atomic mass is 19.1. The Hall–Kier alpha value is -2.75. The summed E-state index contributed by atoms with van der Waals surface area (Å²) in [5.41, 5.74) is -1.91. The highest BCUT2D eigenvalue weighted by Gasteiger charge is 2.33. The largest absolute Gasteiger partial charge is 0.468 e. The second-order valence-electron chi connectivity index (χ2n) is 7.47. The first-order valence-corrected chi connectivity index (χ1v) is 8.81. The average molecular weight is 397 g/mol. The molecule has 0 spiro atoms. The number of methoxy groups -OCH3 is 1. The van der Waals surface area contributed by atoms with Crippen LogP contribution in [0, 0.1) is 15.9 Å². The van der Waals surface area contributed by atoms with Gasteiger partial charge in [0.1, 0.15) is 17.3 Å². The van der Waals surface area contributed by atoms with E-state index in [2.05, 4.69) is 5.32 Å². The van der Waals surface area contributed by atoms with E-state index >= 15 is 0 Å². The Morgan fingerprint density at radius 3 is 2.64 bits per heavy atom. The van der Waals surface area contributed by atoms with E-state index in [9.17, 15) is 24.1 Å². The van der Waals surface area contributed by atoms with Crippen LogP contribution in [0.15, 0.2) is 12.1 Å². The Morgan fingerprint density at radius 2 is 2.07 bits per heavy atom. The van der Waals surface area contributed by atoms with Crippen LogP contribution in [-0.2, 0) is 20.8 Å². The third-order valence-electron chi connectivity index (χ3n) is 4.22. The summed E-state index contributed by atoms with van der Waals surface area (Å²) in [6.45, 7) is 5.47. The number of nitrogens with one attached hydrogen (secondary N) is 1. The van der Waals surface area contributed by atoms with E-state index in [1.54, 1.807) is 25.7 Å². The number of amides is 1. The summed E-state index contributed by atoms with van der Waals surface area (Å²) in [7, 11) is 1.28. The van der Waals surface area contributed by atoms with Gasteiger partial charge in [-0.3, -0.25) is 25.1 Å². The summed E-state index contributed by atoms with van der Waals surface area (Å²) < 4.78 is 24.7. The van der Waals surface area contributed by atoms with Crippen LogP contribution in [0.25, 0.3) is 0 Å². The number of carbonyl (C=O) groups is 2. The first-order valence-electron chi connectivity index (χ1n) is 8.81. The van der Waals surface area contributed by atoms with Gasteiger partial charge in [0.25, 0.3) is 0 Å². The number of nitro groups is 1. The topological polar surface area (TPSA) is 111 Å². The molecule has 10 heteroatoms. The van der Waals surface area contributed by atoms with Crippen molar-refractivity contribution in [2.75, 3.05) is 19.0 Å². The van der Waals surface area contributed by atoms with E-state index in [-0.39, 0.29) is 17.8 Å². The van der Waals surface area contributed by atoms with Gasteiger partial charge >= 0.3 is 17.7 Å². The number of nitrogens with zero attached hydrogens (tertiary/aromatic N) is 2. The molecule has 1 aliphatic heterocycles. The summed E-state index contributed by atoms with van der Waals surface area (Å²) in [5, 5.41) is 13.6. The highest BCUT2D eigenvalue weighted by molar-refractivity contribution is 5.88. The van der Waals surface area contributed by atoms with E-state index in [1.807, 2.05) is 0 Å². The number of esters is 1. The Balaban J connectivity index is 2.26. The lowest BCUT2D eigenvalue weighted by molar-refractivity contribution is -0.386. The lowest BCUT2D eigenvalue weighted by Crippen LogP contribution is -2.36. The molecule has 0 bridgehead atoms. The van der Waals surface area contributed by atoms with Gasteiger partial charge in [-0.05, 0) is 46.2 Å². The fraction of sp³-hybridized carbons (Fsp3) is 0.556. The monoisotopic (exact) mass is 397 g/mol. The number of likely N-dealkylation sites (tertiary alicyclic amines) is 1. The normalized spacial score (nSPS) is 17.2. The number of hydrogen-bond donors (Lipinski definition) is 1. The van der Waals surface area contributed by atoms with Crippen LogP contribution >= 0.6 is 0 Å². The molecule has 2 rings (SSSR count). The second kappa shape index (κ2) is 8.51. The van der Waals surface area contributed by atoms with Crippen LogP contribution in [0.3, 0.4) is 0 Å². The Morgan fingerprint density at radius 1 is 1.39 bits per heavy atom. The van der Waals surface area contributed by atoms with Crippen molar-refractivity contribution < 1.29 is 28.4 Å². The maximum atomic E-state index is 14.9. The summed E-state index contributed by atoms with van der Waals surface area (Å²) in [6.07, 6.45) is 0.393. The Kier molecular flexibility index (Phi) is 6.55. The number of ether oxygens (including phenoxy) is 2. The lowest BCUT2D eigenvalue weighted by Gasteiger charge is -2.23. The minimum Gasteiger partial charge on any atom is -0.468 e. The third kappa shape index (κ3) is 5.16. The standard InChI is InChI=1S/C18H24FN3O6/c1-18(2,3)28-17(24)20-12-8-7-11(14(19)15(12)22(25)26)10-21-9-5-6-13(21)16(23)27-4/h7-8,13H,5-6,9-10H2,1-4H3,(H,20,24)/t13-/m1/s1. The summed E-state index contributed by atoms with van der Waals surface area (Å²) in [5.74, 6) is -1.48. The van der Waals surface area contributed by atoms with Crippen molar-refractivity contribution in [3.8, 4) is 0 Å². The summed E-state index contributed by atoms with van der Waals surface area (Å²) in [4.78, 5) is 36.0. The van der Waals surface area contributed by atoms with Crippen molar-refractivity contribution in [3.05, 3.63) is 33.6 Å². The molecule has 0 saturated carbocycles. The van der Waals surface area contributed by atoms with Gasteiger partial charge in [-0.1, -0.05) is 6.07 Å². The minimum atomic E-state index is -1.06. The van der Waals surface area contributed by atoms with Crippen molar-refractivity contribution in [1.29, 1.82) is 0 Å². The van der Waals surface area contributed by atoms with Gasteiger partial charge in [0.2, 0.25) is 5.82 Å². The number of carbonyl (C=O) groups excluding carboxylic acids is 2. The van der Waals surface area contributed by atoms with Gasteiger partial charge < -0.3 is 9.47 Å². The number of hydrogen-bond acceptors (Lipinski definition) is 7. The van der Waals surface area contributed by atoms with Gasteiger partial charge in [-0.15, -0.1) is 0 Å². The van der Waals surface area contributed by atoms with Crippen LogP contribution in [-0.4, -0.2) is 47.2 Å². The molecule has 0 radical (unpaired) electrons. The zero-order valence-electron chi connectivity index (χ0n) is 16.3. The van der Waals surface area contributed by atoms with E-state index in [0.717, 1.165) is 6.42 Å². The molecular formula is C18H24FN3O6. The van der Waals surface area contributed by atoms with Crippen molar-refractivity contribution in [3.63, 3.8) is 0 Å². The molecule has 1 aliphatic rings. The van der Waals surface area contributed by atoms with E-state index in [1.165, 1.54) is 19.2 Å². The van der Waals surface area contributed by atoms with Gasteiger partial charge in [-0.25, -0.2) is 4.79 Å². The average Bonchev–Trinajstić information content (AvgIpc) is 3.02. The fourth-order valence-electron chi connectivity index (χ4n) is 3.06. The molecule has 1 fully saturated rings. The SMILES string of the molecule is COC(=O)[C@H]1CCCN1Cc1ccc(NC(=O)OC(C)(C)C)c([N+](=O)[O-])c1F. The Bertz CT molecular complexity index is 777. The lowest BCUT2D eigenvalue weighted by atomic mass is 10.1. The molecule has 1 atom stereocenters. The molecule has 1 amide bonds. The minimum absolute atomic E-state index is 0.0131. The predicted octanol–water partition coefficient (Wildman–Crippen LogP) is 3.22. The summed E-state index contributed by atoms with van der Waals surface area (Å²) >= 11 is 0. The molecule has 0 unspecified atom stereocenters. The van der Waals surface area contributed by atoms with Crippen molar-refractivity contribution in [2.24, 2.45) is 0 Å². The van der Waals surface area contributed by atoms with Crippen molar-refractivity contribution in [2.45, 2.75) is 51.8 Å². The number of nitro benzene ring substituents is 1. The van der Waals surface area contributed by atoms with E-state index < -0.39 is 40.1 Å². The van der Waals surface area contributed by atoms with Gasteiger partial charge in [-0.2, -0.15) is 4.39 Å². The first kappa shape index (κ1) is 21.5. The molecule has 1 N–H and O–H groups in total. The zero-order chi connectivity index (χ0) is 21.1. The molecule has 0 aliphatic carbocycles. The molecule has 1 aromatic carbocycles. The number of anilines is 1. The third-order valence-corrected chi connectivity index (χ3v) is 4.22. The zero-order valence-corrected chi connectivity index (χ0v) is 16.3. The van der Waals surface area contributed by atoms with Crippen LogP contribution in [0.2, 0.25) is 0 Å². The molecule has 1 aromatic rings. The number of halogens is 1. The molecule has 1 heterocycles. The number of benzene rings is 1. The molecule has 0 aromatic heterocycles. The molecule has 28 heavy (non-hydrogen) atoms. The molecule has 9 nitrogen and oxygen atoms in total. The van der Waals surface area contributed by atoms with Crippen molar-refractivity contribution in [1.82, 2.24) is 4.90 Å². The van der Waals surface area contributed by atoms with Gasteiger partial charge in [0, 0.05) is 12.1 Å². The number of rotatable bonds is 5. The first-order chi connectivity index (χ1) is 13.0. The fourth-order valence-corrected chi connectivity index (χ4v) is 3.06. The Labute approximate surface area is 161 Å². The van der Waals surface area contributed by atoms with E-state index in [4.69, 9.17) is 9.47 Å². The van der Waals surface area contributed by atoms with Crippen LogP contribution < -0.4 is 5.32 Å². The maximum absolute atomic E-state index is 14.9. The van der Waals surface area contributed by atoms with Gasteiger partial charge in [0.05, 0.1) is 12.0 Å². The predicted molar refractivity (Wildman–Crippen MR) is 98.4 cm³/mol. The highest BCUT2D eigenvalue weighted by Crippen LogP contribution is 2.32. The second-order valence-corrected chi connectivity index (χ2v) is 7.47. The van der Waals surface area contributed by atoms with Gasteiger partial charge in [0.15, 0.2) is 0 Å². The quantitative estimate of drug-likeness (QED) is 0.461. The maximum Gasteiger partial charge on any atom is 0.412 e. The molecular weight excluding hydrogens is 373 g/mol. The van der Waals surface area contributed by atoms with Crippen LogP contribution in [0.1, 0.15) is 39.2 Å². The summed E-state index contributed by atoms with van der Waals surface area (Å²) in [6, 6.07) is 2.09. The van der Waals surface area contributed by atoms with E-state index in [0.29, 0.717) is 13.0 Å².